The van der Waals surface area contributed by atoms with E-state index in [4.69, 9.17) is 27.9 Å². The molecule has 3 fully saturated rings. The number of hydrogen-bond donors (Lipinski definition) is 1. The van der Waals surface area contributed by atoms with Crippen molar-refractivity contribution in [3.05, 3.63) is 97.9 Å². The fourth-order valence-electron chi connectivity index (χ4n) is 8.39. The summed E-state index contributed by atoms with van der Waals surface area (Å²) in [5.74, 6) is -9.00. The molecule has 53 heavy (non-hydrogen) atoms. The normalized spacial score (nSPS) is 27.6. The molecule has 18 heteroatoms. The van der Waals surface area contributed by atoms with Crippen LogP contribution in [0.3, 0.4) is 0 Å². The lowest BCUT2D eigenvalue weighted by Gasteiger charge is -2.50. The number of allylic oxidation sites excluding steroid dienone is 2. The van der Waals surface area contributed by atoms with Crippen LogP contribution in [0.4, 0.5) is 32.8 Å². The van der Waals surface area contributed by atoms with E-state index in [0.29, 0.717) is 10.5 Å². The summed E-state index contributed by atoms with van der Waals surface area (Å²) in [5.41, 5.74) is -1.60. The summed E-state index contributed by atoms with van der Waals surface area (Å²) in [6.07, 6.45) is 1.12. The first-order valence-electron chi connectivity index (χ1n) is 16.1. The highest BCUT2D eigenvalue weighted by molar-refractivity contribution is 6.58. The average Bonchev–Trinajstić information content (AvgIpc) is 3.45. The molecule has 2 aliphatic heterocycles. The van der Waals surface area contributed by atoms with Gasteiger partial charge in [-0.25, -0.2) is 14.2 Å². The summed E-state index contributed by atoms with van der Waals surface area (Å²) in [6, 6.07) is 10.4. The highest BCUT2D eigenvalue weighted by Gasteiger charge is 2.77. The van der Waals surface area contributed by atoms with Crippen molar-refractivity contribution in [3.8, 4) is 11.5 Å². The van der Waals surface area contributed by atoms with E-state index in [-0.39, 0.29) is 34.9 Å². The maximum atomic E-state index is 14.6. The smallest absolute Gasteiger partial charge is 0.301 e. The first-order chi connectivity index (χ1) is 25.0. The Morgan fingerprint density at radius 1 is 0.887 bits per heavy atom. The lowest BCUT2D eigenvalue weighted by molar-refractivity contribution is -0.392. The van der Waals surface area contributed by atoms with E-state index in [1.807, 2.05) is 0 Å². The zero-order chi connectivity index (χ0) is 38.5. The Balaban J connectivity index is 1.40. The Hall–Kier alpha value is -5.61. The van der Waals surface area contributed by atoms with E-state index >= 15 is 0 Å². The Labute approximate surface area is 309 Å². The van der Waals surface area contributed by atoms with E-state index in [2.05, 4.69) is 0 Å². The summed E-state index contributed by atoms with van der Waals surface area (Å²) in [5, 5.41) is 34.5. The van der Waals surface area contributed by atoms with Gasteiger partial charge in [0.1, 0.15) is 17.3 Å². The number of carbonyl (C=O) groups excluding carboxylic acids is 4. The standard InChI is InChI=1S/C35H28Cl2FN5O10/c1-39(2)29-24(42(49)50)12-18(13-25(29)43(51)52)40-30(45)22-11-10-20-23(27(22)31(40)46)15-34(36)32(47)41(17-6-4-16(38)5-7-17)33(48)35(34,37)28(20)21-9-8-19(44)14-26(21)53-3/h4-10,12-14,22-23,27-28,44H,11,15H2,1-3H3. The van der Waals surface area contributed by atoms with E-state index in [1.165, 1.54) is 56.4 Å². The lowest BCUT2D eigenvalue weighted by Crippen LogP contribution is -2.60. The highest BCUT2D eigenvalue weighted by atomic mass is 35.5. The number of imide groups is 2. The van der Waals surface area contributed by atoms with Gasteiger partial charge in [0.05, 0.1) is 40.2 Å². The van der Waals surface area contributed by atoms with Crippen LogP contribution in [0.5, 0.6) is 11.5 Å². The van der Waals surface area contributed by atoms with Gasteiger partial charge in [0.15, 0.2) is 15.4 Å². The molecule has 4 aliphatic rings. The molecule has 15 nitrogen and oxygen atoms in total. The summed E-state index contributed by atoms with van der Waals surface area (Å²) in [6.45, 7) is 0. The van der Waals surface area contributed by atoms with Crippen LogP contribution < -0.4 is 19.4 Å². The predicted molar refractivity (Wildman–Crippen MR) is 188 cm³/mol. The molecule has 2 aliphatic carbocycles. The Morgan fingerprint density at radius 2 is 1.51 bits per heavy atom. The quantitative estimate of drug-likeness (QED) is 0.109. The van der Waals surface area contributed by atoms with Gasteiger partial charge in [0, 0.05) is 43.8 Å². The first-order valence-corrected chi connectivity index (χ1v) is 16.8. The number of hydrogen-bond acceptors (Lipinski definition) is 11. The van der Waals surface area contributed by atoms with E-state index in [0.717, 1.165) is 29.2 Å². The number of aromatic hydroxyl groups is 1. The number of fused-ring (bicyclic) bond motifs is 4. The van der Waals surface area contributed by atoms with Gasteiger partial charge in [0.25, 0.3) is 11.8 Å². The number of amides is 4. The molecule has 0 spiro atoms. The zero-order valence-corrected chi connectivity index (χ0v) is 29.5. The molecule has 3 aromatic carbocycles. The number of nitro benzene ring substituents is 2. The molecule has 3 aromatic rings. The minimum absolute atomic E-state index is 0.0234. The molecule has 6 unspecified atom stereocenters. The fraction of sp³-hybridized carbons (Fsp3) is 0.314. The summed E-state index contributed by atoms with van der Waals surface area (Å²) in [7, 11) is 4.05. The van der Waals surface area contributed by atoms with Gasteiger partial charge in [-0.05, 0) is 49.1 Å². The number of alkyl halides is 2. The number of nitro groups is 2. The average molecular weight is 769 g/mol. The number of phenolic OH excluding ortho intramolecular Hbond substituents is 1. The van der Waals surface area contributed by atoms with Crippen LogP contribution in [0.15, 0.2) is 66.2 Å². The third kappa shape index (κ3) is 4.91. The highest BCUT2D eigenvalue weighted by Crippen LogP contribution is 2.66. The second-order valence-electron chi connectivity index (χ2n) is 13.4. The van der Waals surface area contributed by atoms with Crippen molar-refractivity contribution in [3.63, 3.8) is 0 Å². The molecule has 0 radical (unpaired) electrons. The number of benzene rings is 3. The van der Waals surface area contributed by atoms with E-state index in [9.17, 15) is 48.9 Å². The van der Waals surface area contributed by atoms with E-state index in [1.54, 1.807) is 6.08 Å². The molecule has 0 bridgehead atoms. The maximum Gasteiger partial charge on any atom is 0.301 e. The Morgan fingerprint density at radius 3 is 2.08 bits per heavy atom. The molecule has 274 valence electrons. The number of carbonyl (C=O) groups is 4. The van der Waals surface area contributed by atoms with Crippen LogP contribution in [-0.2, 0) is 19.2 Å². The summed E-state index contributed by atoms with van der Waals surface area (Å²) in [4.78, 5) is 78.2. The van der Waals surface area contributed by atoms with Crippen molar-refractivity contribution >= 4 is 75.3 Å². The summed E-state index contributed by atoms with van der Waals surface area (Å²) < 4.78 is 19.5. The van der Waals surface area contributed by atoms with Gasteiger partial charge in [-0.15, -0.1) is 23.2 Å². The largest absolute Gasteiger partial charge is 0.508 e. The molecule has 2 saturated heterocycles. The number of anilines is 3. The topological polar surface area (TPSA) is 194 Å². The Kier molecular flexibility index (Phi) is 8.26. The van der Waals surface area contributed by atoms with Crippen LogP contribution >= 0.6 is 23.2 Å². The van der Waals surface area contributed by atoms with Gasteiger partial charge in [0.2, 0.25) is 11.8 Å². The fourth-order valence-corrected chi connectivity index (χ4v) is 9.32. The first kappa shape index (κ1) is 35.8. The van der Waals surface area contributed by atoms with Crippen molar-refractivity contribution in [2.24, 2.45) is 17.8 Å². The molecular weight excluding hydrogens is 740 g/mol. The number of ether oxygens (including phenoxy) is 1. The van der Waals surface area contributed by atoms with Gasteiger partial charge < -0.3 is 14.7 Å². The maximum absolute atomic E-state index is 14.6. The number of halogens is 3. The third-order valence-electron chi connectivity index (χ3n) is 10.6. The van der Waals surface area contributed by atoms with Crippen LogP contribution in [-0.4, -0.2) is 69.5 Å². The van der Waals surface area contributed by atoms with Crippen molar-refractivity contribution in [1.29, 1.82) is 0 Å². The second kappa shape index (κ2) is 12.2. The molecule has 2 heterocycles. The number of phenols is 1. The summed E-state index contributed by atoms with van der Waals surface area (Å²) >= 11 is 14.7. The SMILES string of the molecule is COc1cc(O)ccc1C1C2=CCC3C(=O)N(c4cc([N+](=O)[O-])c(N(C)C)c([N+](=O)[O-])c4)C(=O)C3C2CC2(Cl)C(=O)N(c3ccc(F)cc3)C(=O)C12Cl. The molecule has 1 saturated carbocycles. The van der Waals surface area contributed by atoms with Crippen LogP contribution in [0.25, 0.3) is 0 Å². The minimum Gasteiger partial charge on any atom is -0.508 e. The molecule has 1 N–H and O–H groups in total. The van der Waals surface area contributed by atoms with Gasteiger partial charge >= 0.3 is 11.4 Å². The van der Waals surface area contributed by atoms with E-state index < -0.39 is 96.2 Å². The van der Waals surface area contributed by atoms with Crippen molar-refractivity contribution in [2.45, 2.75) is 28.5 Å². The van der Waals surface area contributed by atoms with Crippen molar-refractivity contribution in [2.75, 3.05) is 35.9 Å². The molecular formula is C35H28Cl2FN5O10. The van der Waals surface area contributed by atoms with Gasteiger partial charge in [-0.3, -0.25) is 39.4 Å². The predicted octanol–water partition coefficient (Wildman–Crippen LogP) is 5.19. The number of nitrogens with zero attached hydrogens (tertiary/aromatic N) is 5. The van der Waals surface area contributed by atoms with Crippen LogP contribution in [0.1, 0.15) is 24.3 Å². The van der Waals surface area contributed by atoms with Crippen molar-refractivity contribution < 1.29 is 43.3 Å². The van der Waals surface area contributed by atoms with Crippen molar-refractivity contribution in [1.82, 2.24) is 0 Å². The molecule has 7 rings (SSSR count). The van der Waals surface area contributed by atoms with Crippen LogP contribution in [0.2, 0.25) is 0 Å². The number of methoxy groups -OCH3 is 1. The molecule has 0 aromatic heterocycles. The monoisotopic (exact) mass is 767 g/mol. The second-order valence-corrected chi connectivity index (χ2v) is 14.7. The molecule has 4 amide bonds. The lowest BCUT2D eigenvalue weighted by atomic mass is 9.56. The number of rotatable bonds is 7. The van der Waals surface area contributed by atoms with Gasteiger partial charge in [-0.2, -0.15) is 0 Å². The molecule has 6 atom stereocenters. The van der Waals surface area contributed by atoms with Crippen LogP contribution in [0, 0.1) is 43.8 Å². The Bertz CT molecular complexity index is 2180. The third-order valence-corrected chi connectivity index (χ3v) is 12.0. The van der Waals surface area contributed by atoms with Gasteiger partial charge in [-0.1, -0.05) is 17.7 Å². The zero-order valence-electron chi connectivity index (χ0n) is 28.0. The minimum atomic E-state index is -2.28.